The Hall–Kier alpha value is -2.08. The second-order valence-corrected chi connectivity index (χ2v) is 5.61. The normalized spacial score (nSPS) is 11.5. The molecule has 0 aliphatic heterocycles. The van der Waals surface area contributed by atoms with Crippen LogP contribution in [0.25, 0.3) is 11.1 Å². The van der Waals surface area contributed by atoms with E-state index in [9.17, 15) is 0 Å². The van der Waals surface area contributed by atoms with Gasteiger partial charge in [-0.15, -0.1) is 0 Å². The molecule has 0 N–H and O–H groups in total. The number of hydrogen-bond donors (Lipinski definition) is 0. The first-order chi connectivity index (χ1) is 10.8. The van der Waals surface area contributed by atoms with Gasteiger partial charge in [-0.3, -0.25) is 0 Å². The molecular weight excluding hydrogens is 264 g/mol. The summed E-state index contributed by atoms with van der Waals surface area (Å²) in [5.41, 5.74) is 5.42. The molecule has 0 aliphatic rings. The van der Waals surface area contributed by atoms with E-state index in [2.05, 4.69) is 86.7 Å². The predicted octanol–water partition coefficient (Wildman–Crippen LogP) is 6.37. The highest BCUT2D eigenvalue weighted by molar-refractivity contribution is 5.64. The summed E-state index contributed by atoms with van der Waals surface area (Å²) in [6, 6.07) is 17.9. The third-order valence-electron chi connectivity index (χ3n) is 3.91. The highest BCUT2D eigenvalue weighted by Gasteiger charge is 1.99. The molecule has 0 aromatic heterocycles. The highest BCUT2D eigenvalue weighted by atomic mass is 14.0. The Balaban J connectivity index is 1.99. The Kier molecular flexibility index (Phi) is 6.70. The summed E-state index contributed by atoms with van der Waals surface area (Å²) in [7, 11) is 0. The van der Waals surface area contributed by atoms with Gasteiger partial charge >= 0.3 is 0 Å². The Labute approximate surface area is 135 Å². The molecule has 0 saturated heterocycles. The second-order valence-electron chi connectivity index (χ2n) is 5.61. The summed E-state index contributed by atoms with van der Waals surface area (Å²) in [4.78, 5) is 0. The van der Waals surface area contributed by atoms with Crippen LogP contribution < -0.4 is 0 Å². The molecule has 2 rings (SSSR count). The zero-order valence-corrected chi connectivity index (χ0v) is 13.8. The molecule has 0 radical (unpaired) electrons. The van der Waals surface area contributed by atoms with E-state index in [1.165, 1.54) is 22.3 Å². The first-order valence-electron chi connectivity index (χ1n) is 8.24. The molecule has 0 amide bonds. The van der Waals surface area contributed by atoms with Crippen LogP contribution >= 0.6 is 0 Å². The summed E-state index contributed by atoms with van der Waals surface area (Å²) < 4.78 is 0. The minimum absolute atomic E-state index is 1.12. The molecule has 22 heavy (non-hydrogen) atoms. The van der Waals surface area contributed by atoms with E-state index in [1.807, 2.05) is 0 Å². The lowest BCUT2D eigenvalue weighted by Crippen LogP contribution is -1.86. The maximum Gasteiger partial charge on any atom is -0.0184 e. The fourth-order valence-corrected chi connectivity index (χ4v) is 2.56. The lowest BCUT2D eigenvalue weighted by Gasteiger charge is -2.05. The van der Waals surface area contributed by atoms with E-state index in [4.69, 9.17) is 0 Å². The van der Waals surface area contributed by atoms with Gasteiger partial charge in [0.05, 0.1) is 0 Å². The number of allylic oxidation sites excluding steroid dienone is 4. The fraction of sp³-hybridized carbons (Fsp3) is 0.273. The Morgan fingerprint density at radius 3 is 1.27 bits per heavy atom. The third kappa shape index (κ3) is 5.04. The van der Waals surface area contributed by atoms with Crippen molar-refractivity contribution in [3.8, 4) is 11.1 Å². The Morgan fingerprint density at radius 2 is 0.955 bits per heavy atom. The van der Waals surface area contributed by atoms with Crippen molar-refractivity contribution in [3.63, 3.8) is 0 Å². The minimum atomic E-state index is 1.12. The molecule has 2 aromatic carbocycles. The van der Waals surface area contributed by atoms with Crippen molar-refractivity contribution in [2.75, 3.05) is 0 Å². The van der Waals surface area contributed by atoms with Crippen LogP contribution in [-0.4, -0.2) is 0 Å². The van der Waals surface area contributed by atoms with E-state index in [1.54, 1.807) is 0 Å². The van der Waals surface area contributed by atoms with Crippen LogP contribution in [0.1, 0.15) is 37.8 Å². The van der Waals surface area contributed by atoms with E-state index < -0.39 is 0 Å². The monoisotopic (exact) mass is 290 g/mol. The first-order valence-corrected chi connectivity index (χ1v) is 8.24. The van der Waals surface area contributed by atoms with Gasteiger partial charge in [-0.05, 0) is 61.8 Å². The van der Waals surface area contributed by atoms with Crippen molar-refractivity contribution in [3.05, 3.63) is 84.0 Å². The molecular formula is C22H26. The van der Waals surface area contributed by atoms with Gasteiger partial charge in [-0.25, -0.2) is 0 Å². The van der Waals surface area contributed by atoms with Crippen LogP contribution in [0.4, 0.5) is 0 Å². The van der Waals surface area contributed by atoms with Crippen LogP contribution in [0, 0.1) is 0 Å². The van der Waals surface area contributed by atoms with Crippen LogP contribution in [-0.2, 0) is 12.8 Å². The standard InChI is InChI=1S/C22H26/c1-3-5-7-9-19-11-15-21(16-12-19)22-17-13-20(14-18-22)10-8-6-4-2/h3-6,11-18H,7-10H2,1-2H3. The third-order valence-corrected chi connectivity index (χ3v) is 3.91. The quantitative estimate of drug-likeness (QED) is 0.520. The lowest BCUT2D eigenvalue weighted by atomic mass is 10.00. The number of hydrogen-bond acceptors (Lipinski definition) is 0. The number of benzene rings is 2. The summed E-state index contributed by atoms with van der Waals surface area (Å²) in [6.45, 7) is 4.15. The summed E-state index contributed by atoms with van der Waals surface area (Å²) in [5, 5.41) is 0. The van der Waals surface area contributed by atoms with Crippen molar-refractivity contribution in [2.24, 2.45) is 0 Å². The molecule has 0 saturated carbocycles. The van der Waals surface area contributed by atoms with Crippen molar-refractivity contribution < 1.29 is 0 Å². The average Bonchev–Trinajstić information content (AvgIpc) is 2.57. The van der Waals surface area contributed by atoms with E-state index in [0.717, 1.165) is 25.7 Å². The lowest BCUT2D eigenvalue weighted by molar-refractivity contribution is 0.998. The van der Waals surface area contributed by atoms with E-state index in [-0.39, 0.29) is 0 Å². The van der Waals surface area contributed by atoms with Crippen molar-refractivity contribution in [2.45, 2.75) is 39.5 Å². The zero-order chi connectivity index (χ0) is 15.6. The highest BCUT2D eigenvalue weighted by Crippen LogP contribution is 2.21. The topological polar surface area (TPSA) is 0 Å². The minimum Gasteiger partial charge on any atom is -0.0917 e. The van der Waals surface area contributed by atoms with Crippen molar-refractivity contribution in [1.29, 1.82) is 0 Å². The smallest absolute Gasteiger partial charge is 0.0184 e. The van der Waals surface area contributed by atoms with Crippen molar-refractivity contribution in [1.82, 2.24) is 0 Å². The number of rotatable bonds is 7. The second kappa shape index (κ2) is 9.04. The zero-order valence-electron chi connectivity index (χ0n) is 13.8. The Morgan fingerprint density at radius 1 is 0.591 bits per heavy atom. The van der Waals surface area contributed by atoms with Crippen molar-refractivity contribution >= 4 is 0 Å². The van der Waals surface area contributed by atoms with Gasteiger partial charge in [0.15, 0.2) is 0 Å². The average molecular weight is 290 g/mol. The van der Waals surface area contributed by atoms with Gasteiger partial charge in [0.1, 0.15) is 0 Å². The molecule has 0 heterocycles. The van der Waals surface area contributed by atoms with E-state index in [0.29, 0.717) is 0 Å². The molecule has 0 nitrogen and oxygen atoms in total. The molecule has 0 atom stereocenters. The molecule has 0 bridgehead atoms. The van der Waals surface area contributed by atoms with Gasteiger partial charge in [0.2, 0.25) is 0 Å². The molecule has 0 spiro atoms. The Bertz CT molecular complexity index is 540. The van der Waals surface area contributed by atoms with Gasteiger partial charge in [0, 0.05) is 0 Å². The summed E-state index contributed by atoms with van der Waals surface area (Å²) in [5.74, 6) is 0. The maximum absolute atomic E-state index is 2.25. The first kappa shape index (κ1) is 16.3. The largest absolute Gasteiger partial charge is 0.0917 e. The van der Waals surface area contributed by atoms with Crippen LogP contribution in [0.3, 0.4) is 0 Å². The fourth-order valence-electron chi connectivity index (χ4n) is 2.56. The van der Waals surface area contributed by atoms with Crippen LogP contribution in [0.15, 0.2) is 72.8 Å². The van der Waals surface area contributed by atoms with Crippen LogP contribution in [0.2, 0.25) is 0 Å². The number of aryl methyl sites for hydroxylation is 2. The molecule has 0 heteroatoms. The SMILES string of the molecule is CC=CCCc1ccc(-c2ccc(CCC=CC)cc2)cc1. The molecule has 114 valence electrons. The van der Waals surface area contributed by atoms with Gasteiger partial charge in [-0.1, -0.05) is 72.8 Å². The molecule has 0 unspecified atom stereocenters. The van der Waals surface area contributed by atoms with Crippen LogP contribution in [0.5, 0.6) is 0 Å². The summed E-state index contributed by atoms with van der Waals surface area (Å²) in [6.07, 6.45) is 13.2. The molecule has 0 fully saturated rings. The predicted molar refractivity (Wildman–Crippen MR) is 98.1 cm³/mol. The molecule has 0 aliphatic carbocycles. The molecule has 2 aromatic rings. The van der Waals surface area contributed by atoms with Gasteiger partial charge in [-0.2, -0.15) is 0 Å². The van der Waals surface area contributed by atoms with E-state index >= 15 is 0 Å². The summed E-state index contributed by atoms with van der Waals surface area (Å²) >= 11 is 0. The van der Waals surface area contributed by atoms with Gasteiger partial charge in [0.25, 0.3) is 0 Å². The maximum atomic E-state index is 2.25. The van der Waals surface area contributed by atoms with Gasteiger partial charge < -0.3 is 0 Å².